The SMILES string of the molecule is CC(C)(C)OC(=O)NC(C(=O)N1CCC2C1C(c1c[nH]c3cc(F)ccc13)CN2C(=O)C(F)(F)F)C1CCCCC1. The number of alkyl carbamates (subject to hydrolysis) is 1. The summed E-state index contributed by atoms with van der Waals surface area (Å²) in [5.74, 6) is -3.58. The van der Waals surface area contributed by atoms with Crippen molar-refractivity contribution in [1.82, 2.24) is 20.1 Å². The number of aromatic amines is 1. The van der Waals surface area contributed by atoms with Crippen LogP contribution in [0.15, 0.2) is 24.4 Å². The maximum Gasteiger partial charge on any atom is 0.471 e. The molecule has 1 aromatic heterocycles. The highest BCUT2D eigenvalue weighted by molar-refractivity contribution is 5.89. The lowest BCUT2D eigenvalue weighted by atomic mass is 9.83. The number of carbonyl (C=O) groups excluding carboxylic acids is 3. The summed E-state index contributed by atoms with van der Waals surface area (Å²) in [4.78, 5) is 45.0. The van der Waals surface area contributed by atoms with Crippen LogP contribution in [0.2, 0.25) is 0 Å². The molecule has 41 heavy (non-hydrogen) atoms. The number of nitrogens with zero attached hydrogens (tertiary/aromatic N) is 2. The molecule has 2 N–H and O–H groups in total. The second-order valence-electron chi connectivity index (χ2n) is 12.4. The minimum atomic E-state index is -5.07. The van der Waals surface area contributed by atoms with Crippen molar-refractivity contribution in [3.05, 3.63) is 35.8 Å². The Morgan fingerprint density at radius 3 is 2.41 bits per heavy atom. The van der Waals surface area contributed by atoms with Crippen LogP contribution in [-0.4, -0.2) is 75.7 Å². The van der Waals surface area contributed by atoms with Gasteiger partial charge in [-0.3, -0.25) is 9.59 Å². The highest BCUT2D eigenvalue weighted by atomic mass is 19.4. The molecule has 0 spiro atoms. The minimum absolute atomic E-state index is 0.141. The molecule has 3 aliphatic rings. The smallest absolute Gasteiger partial charge is 0.444 e. The molecule has 12 heteroatoms. The van der Waals surface area contributed by atoms with E-state index in [1.807, 2.05) is 0 Å². The van der Waals surface area contributed by atoms with Crippen molar-refractivity contribution in [1.29, 1.82) is 0 Å². The van der Waals surface area contributed by atoms with Crippen LogP contribution in [0, 0.1) is 11.7 Å². The lowest BCUT2D eigenvalue weighted by Gasteiger charge is -2.36. The number of nitrogens with one attached hydrogen (secondary N) is 2. The molecule has 3 fully saturated rings. The molecule has 4 atom stereocenters. The maximum absolute atomic E-state index is 14.3. The lowest BCUT2D eigenvalue weighted by molar-refractivity contribution is -0.186. The Morgan fingerprint density at radius 2 is 1.76 bits per heavy atom. The first-order valence-electron chi connectivity index (χ1n) is 14.2. The summed E-state index contributed by atoms with van der Waals surface area (Å²) >= 11 is 0. The number of rotatable bonds is 4. The molecule has 0 bridgehead atoms. The second kappa shape index (κ2) is 10.8. The summed E-state index contributed by atoms with van der Waals surface area (Å²) in [6, 6.07) is 1.61. The quantitative estimate of drug-likeness (QED) is 0.484. The van der Waals surface area contributed by atoms with E-state index in [2.05, 4.69) is 10.3 Å². The Kier molecular flexibility index (Phi) is 7.71. The molecule has 224 valence electrons. The number of fused-ring (bicyclic) bond motifs is 2. The minimum Gasteiger partial charge on any atom is -0.444 e. The molecular weight excluding hydrogens is 544 g/mol. The van der Waals surface area contributed by atoms with Gasteiger partial charge >= 0.3 is 18.2 Å². The molecule has 1 saturated carbocycles. The number of hydrogen-bond donors (Lipinski definition) is 2. The highest BCUT2D eigenvalue weighted by Crippen LogP contribution is 2.45. The third-order valence-electron chi connectivity index (χ3n) is 8.55. The fourth-order valence-electron chi connectivity index (χ4n) is 6.91. The summed E-state index contributed by atoms with van der Waals surface area (Å²) in [5, 5.41) is 3.40. The molecule has 1 aromatic carbocycles. The van der Waals surface area contributed by atoms with Gasteiger partial charge in [-0.15, -0.1) is 0 Å². The summed E-state index contributed by atoms with van der Waals surface area (Å²) in [6.45, 7) is 5.06. The zero-order valence-corrected chi connectivity index (χ0v) is 23.4. The van der Waals surface area contributed by atoms with Crippen molar-refractivity contribution in [3.63, 3.8) is 0 Å². The van der Waals surface area contributed by atoms with Crippen molar-refractivity contribution < 1.29 is 36.7 Å². The number of halogens is 4. The summed E-state index contributed by atoms with van der Waals surface area (Å²) in [5.41, 5.74) is 0.300. The number of alkyl halides is 3. The summed E-state index contributed by atoms with van der Waals surface area (Å²) in [6.07, 6.45) is 0.278. The maximum atomic E-state index is 14.3. The predicted molar refractivity (Wildman–Crippen MR) is 142 cm³/mol. The molecule has 5 rings (SSSR count). The fourth-order valence-corrected chi connectivity index (χ4v) is 6.91. The van der Waals surface area contributed by atoms with Crippen LogP contribution < -0.4 is 5.32 Å². The van der Waals surface area contributed by atoms with Gasteiger partial charge in [0.15, 0.2) is 0 Å². The van der Waals surface area contributed by atoms with Crippen LogP contribution in [0.5, 0.6) is 0 Å². The van der Waals surface area contributed by atoms with Crippen molar-refractivity contribution in [3.8, 4) is 0 Å². The van der Waals surface area contributed by atoms with Crippen molar-refractivity contribution >= 4 is 28.8 Å². The zero-order chi connectivity index (χ0) is 29.7. The average Bonchev–Trinajstić information content (AvgIpc) is 3.59. The number of amides is 3. The number of H-pyrrole nitrogens is 1. The Balaban J connectivity index is 1.50. The number of benzene rings is 1. The first-order valence-corrected chi connectivity index (χ1v) is 14.2. The number of carbonyl (C=O) groups is 3. The van der Waals surface area contributed by atoms with Crippen LogP contribution in [0.25, 0.3) is 10.9 Å². The third kappa shape index (κ3) is 5.88. The second-order valence-corrected chi connectivity index (χ2v) is 12.4. The van der Waals surface area contributed by atoms with E-state index >= 15 is 0 Å². The molecule has 2 aliphatic heterocycles. The molecule has 4 unspecified atom stereocenters. The van der Waals surface area contributed by atoms with Crippen molar-refractivity contribution in [2.24, 2.45) is 5.92 Å². The van der Waals surface area contributed by atoms with Gasteiger partial charge in [0.25, 0.3) is 0 Å². The summed E-state index contributed by atoms with van der Waals surface area (Å²) < 4.78 is 60.3. The van der Waals surface area contributed by atoms with E-state index in [1.54, 1.807) is 37.9 Å². The Morgan fingerprint density at radius 1 is 1.05 bits per heavy atom. The van der Waals surface area contributed by atoms with E-state index in [9.17, 15) is 31.9 Å². The molecule has 2 saturated heterocycles. The van der Waals surface area contributed by atoms with E-state index in [1.165, 1.54) is 12.1 Å². The number of ether oxygens (including phenoxy) is 1. The van der Waals surface area contributed by atoms with Gasteiger partial charge in [0.2, 0.25) is 5.91 Å². The average molecular weight is 581 g/mol. The number of aromatic nitrogens is 1. The van der Waals surface area contributed by atoms with E-state index in [-0.39, 0.29) is 31.3 Å². The van der Waals surface area contributed by atoms with Gasteiger partial charge in [-0.2, -0.15) is 13.2 Å². The largest absolute Gasteiger partial charge is 0.471 e. The van der Waals surface area contributed by atoms with Gasteiger partial charge in [0, 0.05) is 36.1 Å². The molecule has 8 nitrogen and oxygen atoms in total. The van der Waals surface area contributed by atoms with Gasteiger partial charge in [0.1, 0.15) is 17.5 Å². The van der Waals surface area contributed by atoms with Crippen LogP contribution >= 0.6 is 0 Å². The molecule has 3 heterocycles. The van der Waals surface area contributed by atoms with Crippen molar-refractivity contribution in [2.45, 2.75) is 95.1 Å². The molecule has 1 aliphatic carbocycles. The van der Waals surface area contributed by atoms with Gasteiger partial charge in [-0.25, -0.2) is 9.18 Å². The number of hydrogen-bond acceptors (Lipinski definition) is 4. The van der Waals surface area contributed by atoms with Crippen LogP contribution in [0.4, 0.5) is 22.4 Å². The van der Waals surface area contributed by atoms with E-state index in [0.29, 0.717) is 16.5 Å². The monoisotopic (exact) mass is 580 g/mol. The predicted octanol–water partition coefficient (Wildman–Crippen LogP) is 5.24. The fraction of sp³-hybridized carbons (Fsp3) is 0.621. The topological polar surface area (TPSA) is 94.7 Å². The normalized spacial score (nSPS) is 24.4. The lowest BCUT2D eigenvalue weighted by Crippen LogP contribution is -2.55. The van der Waals surface area contributed by atoms with Gasteiger partial charge in [-0.1, -0.05) is 19.3 Å². The van der Waals surface area contributed by atoms with E-state index < -0.39 is 53.6 Å². The summed E-state index contributed by atoms with van der Waals surface area (Å²) in [7, 11) is 0. The van der Waals surface area contributed by atoms with Crippen LogP contribution in [0.3, 0.4) is 0 Å². The molecule has 3 amide bonds. The molecule has 2 aromatic rings. The third-order valence-corrected chi connectivity index (χ3v) is 8.55. The van der Waals surface area contributed by atoms with Gasteiger partial charge < -0.3 is 24.8 Å². The Bertz CT molecular complexity index is 1310. The van der Waals surface area contributed by atoms with E-state index in [4.69, 9.17) is 4.74 Å². The molecule has 0 radical (unpaired) electrons. The molecular formula is C29H36F4N4O4. The Hall–Kier alpha value is -3.31. The Labute approximate surface area is 235 Å². The zero-order valence-electron chi connectivity index (χ0n) is 23.4. The highest BCUT2D eigenvalue weighted by Gasteiger charge is 2.57. The first-order chi connectivity index (χ1) is 19.2. The standard InChI is InChI=1S/C29H36F4N4O4/c1-28(2,3)41-27(40)35-23(16-7-5-4-6-8-16)25(38)36-12-11-22-24(36)20(15-37(22)26(39)29(31,32)33)19-14-34-21-13-17(30)9-10-18(19)21/h9-10,13-14,16,20,22-24,34H,4-8,11-12,15H2,1-3H3,(H,35,40). The van der Waals surface area contributed by atoms with E-state index in [0.717, 1.165) is 37.0 Å². The van der Waals surface area contributed by atoms with Gasteiger partial charge in [0.05, 0.1) is 12.1 Å². The number of likely N-dealkylation sites (tertiary alicyclic amines) is 2. The van der Waals surface area contributed by atoms with Crippen LogP contribution in [0.1, 0.15) is 70.8 Å². The van der Waals surface area contributed by atoms with Gasteiger partial charge in [-0.05, 0) is 69.7 Å². The first kappa shape index (κ1) is 29.2. The van der Waals surface area contributed by atoms with Crippen molar-refractivity contribution in [2.75, 3.05) is 13.1 Å². The van der Waals surface area contributed by atoms with Crippen LogP contribution in [-0.2, 0) is 14.3 Å².